The van der Waals surface area contributed by atoms with E-state index in [-0.39, 0.29) is 0 Å². The minimum absolute atomic E-state index is 0.894. The fourth-order valence-electron chi connectivity index (χ4n) is 3.63. The monoisotopic (exact) mass is 422 g/mol. The Morgan fingerprint density at radius 3 is 2.52 bits per heavy atom. The van der Waals surface area contributed by atoms with E-state index < -0.39 is 0 Å². The first-order chi connectivity index (χ1) is 11.0. The Hall–Kier alpha value is -0.610. The van der Waals surface area contributed by atoms with Gasteiger partial charge in [-0.2, -0.15) is 0 Å². The summed E-state index contributed by atoms with van der Waals surface area (Å²) in [5.74, 6) is 0. The van der Waals surface area contributed by atoms with Crippen LogP contribution in [0.5, 0.6) is 0 Å². The molecule has 118 valence electrons. The van der Waals surface area contributed by atoms with E-state index in [1.165, 1.54) is 55.0 Å². The first kappa shape index (κ1) is 15.9. The summed E-state index contributed by atoms with van der Waals surface area (Å²) >= 11 is 13.5. The van der Waals surface area contributed by atoms with Crippen molar-refractivity contribution in [1.29, 1.82) is 0 Å². The van der Waals surface area contributed by atoms with Gasteiger partial charge in [-0.1, -0.05) is 27.5 Å². The maximum Gasteiger partial charge on any atom is 0.0937 e. The van der Waals surface area contributed by atoms with Gasteiger partial charge in [0, 0.05) is 24.3 Å². The second kappa shape index (κ2) is 6.03. The molecular formula is C19H16BrClS2. The van der Waals surface area contributed by atoms with Crippen LogP contribution in [-0.4, -0.2) is 0 Å². The predicted octanol–water partition coefficient (Wildman–Crippen LogP) is 8.09. The highest BCUT2D eigenvalue weighted by molar-refractivity contribution is 9.10. The third kappa shape index (κ3) is 2.72. The summed E-state index contributed by atoms with van der Waals surface area (Å²) in [4.78, 5) is 2.76. The lowest BCUT2D eigenvalue weighted by molar-refractivity contribution is 0.942. The summed E-state index contributed by atoms with van der Waals surface area (Å²) in [6.07, 6.45) is 3.57. The van der Waals surface area contributed by atoms with Crippen molar-refractivity contribution in [3.05, 3.63) is 54.0 Å². The predicted molar refractivity (Wildman–Crippen MR) is 109 cm³/mol. The summed E-state index contributed by atoms with van der Waals surface area (Å²) in [5.41, 5.74) is 5.86. The van der Waals surface area contributed by atoms with E-state index in [1.54, 1.807) is 11.3 Å². The zero-order valence-corrected chi connectivity index (χ0v) is 17.0. The summed E-state index contributed by atoms with van der Waals surface area (Å²) in [6, 6.07) is 8.78. The Labute approximate surface area is 157 Å². The topological polar surface area (TPSA) is 0 Å². The van der Waals surface area contributed by atoms with Crippen molar-refractivity contribution in [3.63, 3.8) is 0 Å². The Morgan fingerprint density at radius 1 is 1.00 bits per heavy atom. The fourth-order valence-corrected chi connectivity index (χ4v) is 6.28. The number of halogens is 2. The molecule has 0 spiro atoms. The third-order valence-electron chi connectivity index (χ3n) is 4.56. The van der Waals surface area contributed by atoms with Gasteiger partial charge >= 0.3 is 0 Å². The molecule has 0 atom stereocenters. The molecule has 0 fully saturated rings. The van der Waals surface area contributed by atoms with E-state index >= 15 is 0 Å². The van der Waals surface area contributed by atoms with Crippen LogP contribution < -0.4 is 0 Å². The molecule has 4 heteroatoms. The highest BCUT2D eigenvalue weighted by atomic mass is 79.9. The molecular weight excluding hydrogens is 408 g/mol. The number of hydrogen-bond donors (Lipinski definition) is 0. The van der Waals surface area contributed by atoms with Crippen LogP contribution in [-0.2, 0) is 0 Å². The molecule has 23 heavy (non-hydrogen) atoms. The average molecular weight is 424 g/mol. The van der Waals surface area contributed by atoms with Crippen molar-refractivity contribution in [2.24, 2.45) is 0 Å². The van der Waals surface area contributed by atoms with Gasteiger partial charge in [-0.25, -0.2) is 0 Å². The smallest absolute Gasteiger partial charge is 0.0937 e. The largest absolute Gasteiger partial charge is 0.140 e. The number of rotatable bonds is 2. The van der Waals surface area contributed by atoms with Gasteiger partial charge < -0.3 is 0 Å². The van der Waals surface area contributed by atoms with E-state index in [4.69, 9.17) is 11.6 Å². The molecule has 0 radical (unpaired) electrons. The first-order valence-electron chi connectivity index (χ1n) is 7.72. The molecule has 0 nitrogen and oxygen atoms in total. The number of fused-ring (bicyclic) bond motifs is 1. The van der Waals surface area contributed by atoms with Crippen molar-refractivity contribution >= 4 is 71.4 Å². The maximum atomic E-state index is 6.26. The second-order valence-electron chi connectivity index (χ2n) is 6.00. The van der Waals surface area contributed by atoms with Crippen molar-refractivity contribution in [2.75, 3.05) is 0 Å². The van der Waals surface area contributed by atoms with Gasteiger partial charge in [0.1, 0.15) is 0 Å². The lowest BCUT2D eigenvalue weighted by atomic mass is 9.95. The van der Waals surface area contributed by atoms with Gasteiger partial charge in [0.15, 0.2) is 0 Å². The Kier molecular flexibility index (Phi) is 4.17. The number of thiophene rings is 2. The van der Waals surface area contributed by atoms with Crippen LogP contribution in [0.1, 0.15) is 40.1 Å². The molecule has 1 aromatic carbocycles. The maximum absolute atomic E-state index is 6.26. The standard InChI is InChI=1S/C19H16BrClS2/c1-10-15(9-18(21)23-10)13-4-3-5-14(13)19-11(2)22-17-7-6-12(20)8-16(17)19/h6-9H,3-5H2,1-2H3. The second-order valence-corrected chi connectivity index (χ2v) is 10.1. The van der Waals surface area contributed by atoms with Gasteiger partial charge in [-0.05, 0) is 79.6 Å². The first-order valence-corrected chi connectivity index (χ1v) is 10.5. The fraction of sp³-hybridized carbons (Fsp3) is 0.263. The molecule has 0 aliphatic heterocycles. The van der Waals surface area contributed by atoms with Crippen LogP contribution in [0.15, 0.2) is 28.7 Å². The SMILES string of the molecule is Cc1sc(Cl)cc1C1=C(c2c(C)sc3ccc(Br)cc23)CCC1. The summed E-state index contributed by atoms with van der Waals surface area (Å²) in [5, 5.41) is 1.38. The Morgan fingerprint density at radius 2 is 1.78 bits per heavy atom. The number of benzene rings is 1. The van der Waals surface area contributed by atoms with Crippen LogP contribution in [0, 0.1) is 13.8 Å². The van der Waals surface area contributed by atoms with Crippen molar-refractivity contribution in [2.45, 2.75) is 33.1 Å². The van der Waals surface area contributed by atoms with E-state index in [0.29, 0.717) is 0 Å². The summed E-state index contributed by atoms with van der Waals surface area (Å²) in [7, 11) is 0. The van der Waals surface area contributed by atoms with Crippen molar-refractivity contribution in [3.8, 4) is 0 Å². The number of aryl methyl sites for hydroxylation is 2. The van der Waals surface area contributed by atoms with Gasteiger partial charge in [0.2, 0.25) is 0 Å². The molecule has 1 aliphatic rings. The molecule has 4 rings (SSSR count). The van der Waals surface area contributed by atoms with Gasteiger partial charge in [0.25, 0.3) is 0 Å². The Bertz CT molecular complexity index is 946. The van der Waals surface area contributed by atoms with E-state index in [9.17, 15) is 0 Å². The quantitative estimate of drug-likeness (QED) is 0.390. The van der Waals surface area contributed by atoms with Crippen molar-refractivity contribution in [1.82, 2.24) is 0 Å². The van der Waals surface area contributed by atoms with Crippen LogP contribution >= 0.6 is 50.2 Å². The summed E-state index contributed by atoms with van der Waals surface area (Å²) < 4.78 is 3.42. The molecule has 0 unspecified atom stereocenters. The van der Waals surface area contributed by atoms with E-state index in [2.05, 4.69) is 54.0 Å². The average Bonchev–Trinajstić information content (AvgIpc) is 3.15. The van der Waals surface area contributed by atoms with Gasteiger partial charge in [-0.15, -0.1) is 22.7 Å². The normalized spacial score (nSPS) is 15.1. The number of hydrogen-bond acceptors (Lipinski definition) is 2. The molecule has 0 amide bonds. The van der Waals surface area contributed by atoms with Gasteiger partial charge in [0.05, 0.1) is 4.34 Å². The minimum Gasteiger partial charge on any atom is -0.140 e. The highest BCUT2D eigenvalue weighted by Crippen LogP contribution is 2.47. The Balaban J connectivity index is 1.98. The van der Waals surface area contributed by atoms with Crippen LogP contribution in [0.25, 0.3) is 21.2 Å². The molecule has 0 saturated heterocycles. The zero-order valence-electron chi connectivity index (χ0n) is 13.0. The highest BCUT2D eigenvalue weighted by Gasteiger charge is 2.24. The van der Waals surface area contributed by atoms with Crippen molar-refractivity contribution < 1.29 is 0 Å². The molecule has 0 bridgehead atoms. The van der Waals surface area contributed by atoms with Gasteiger partial charge in [-0.3, -0.25) is 0 Å². The van der Waals surface area contributed by atoms with Crippen LogP contribution in [0.2, 0.25) is 4.34 Å². The molecule has 0 N–H and O–H groups in total. The molecule has 2 aromatic heterocycles. The molecule has 1 aliphatic carbocycles. The lowest BCUT2D eigenvalue weighted by Gasteiger charge is -2.09. The summed E-state index contributed by atoms with van der Waals surface area (Å²) in [6.45, 7) is 4.44. The zero-order chi connectivity index (χ0) is 16.1. The van der Waals surface area contributed by atoms with E-state index in [1.807, 2.05) is 11.3 Å². The van der Waals surface area contributed by atoms with E-state index in [0.717, 1.165) is 15.2 Å². The molecule has 0 saturated carbocycles. The lowest BCUT2D eigenvalue weighted by Crippen LogP contribution is -1.87. The molecule has 3 aromatic rings. The molecule has 2 heterocycles. The van der Waals surface area contributed by atoms with Crippen LogP contribution in [0.4, 0.5) is 0 Å². The minimum atomic E-state index is 0.894. The number of allylic oxidation sites excluding steroid dienone is 2. The van der Waals surface area contributed by atoms with Crippen LogP contribution in [0.3, 0.4) is 0 Å². The third-order valence-corrected chi connectivity index (χ3v) is 7.32.